The molecule has 2 heterocycles. The van der Waals surface area contributed by atoms with Crippen molar-refractivity contribution in [3.63, 3.8) is 0 Å². The molecule has 0 amide bonds. The van der Waals surface area contributed by atoms with Crippen molar-refractivity contribution in [2.45, 2.75) is 12.8 Å². The molecule has 0 spiro atoms. The van der Waals surface area contributed by atoms with Crippen LogP contribution in [0.3, 0.4) is 0 Å². The summed E-state index contributed by atoms with van der Waals surface area (Å²) in [5.74, 6) is 1.74. The number of aliphatic imine (C=N–C) groups is 1. The highest BCUT2D eigenvalue weighted by Crippen LogP contribution is 2.14. The van der Waals surface area contributed by atoms with Crippen molar-refractivity contribution in [1.82, 2.24) is 4.98 Å². The summed E-state index contributed by atoms with van der Waals surface area (Å²) in [6, 6.07) is 5.62. The van der Waals surface area contributed by atoms with E-state index in [0.29, 0.717) is 11.9 Å². The molecule has 92 valence electrons. The van der Waals surface area contributed by atoms with Gasteiger partial charge >= 0.3 is 0 Å². The Morgan fingerprint density at radius 2 is 2.29 bits per heavy atom. The molecule has 0 unspecified atom stereocenters. The Morgan fingerprint density at radius 3 is 3.00 bits per heavy atom. The van der Waals surface area contributed by atoms with Crippen LogP contribution >= 0.6 is 0 Å². The number of pyridine rings is 1. The third kappa shape index (κ3) is 4.03. The largest absolute Gasteiger partial charge is 0.381 e. The van der Waals surface area contributed by atoms with E-state index in [9.17, 15) is 0 Å². The number of anilines is 1. The first-order valence-corrected chi connectivity index (χ1v) is 5.90. The number of aromatic nitrogens is 1. The second-order valence-corrected chi connectivity index (χ2v) is 4.12. The van der Waals surface area contributed by atoms with Gasteiger partial charge in [0.1, 0.15) is 5.82 Å². The van der Waals surface area contributed by atoms with Crippen molar-refractivity contribution < 1.29 is 4.74 Å². The number of guanidine groups is 1. The van der Waals surface area contributed by atoms with Crippen LogP contribution in [0.1, 0.15) is 12.8 Å². The van der Waals surface area contributed by atoms with Crippen molar-refractivity contribution >= 4 is 11.8 Å². The lowest BCUT2D eigenvalue weighted by Gasteiger charge is -2.20. The van der Waals surface area contributed by atoms with Gasteiger partial charge in [0, 0.05) is 26.0 Å². The fourth-order valence-electron chi connectivity index (χ4n) is 1.76. The van der Waals surface area contributed by atoms with E-state index in [0.717, 1.165) is 38.4 Å². The molecule has 2 rings (SSSR count). The Morgan fingerprint density at radius 1 is 1.47 bits per heavy atom. The van der Waals surface area contributed by atoms with E-state index in [4.69, 9.17) is 10.5 Å². The molecule has 0 saturated carbocycles. The van der Waals surface area contributed by atoms with Crippen molar-refractivity contribution in [3.8, 4) is 0 Å². The Bertz CT molecular complexity index is 360. The molecule has 17 heavy (non-hydrogen) atoms. The van der Waals surface area contributed by atoms with Crippen LogP contribution in [0.25, 0.3) is 0 Å². The summed E-state index contributed by atoms with van der Waals surface area (Å²) < 4.78 is 5.30. The smallest absolute Gasteiger partial charge is 0.194 e. The molecule has 1 aromatic rings. The maximum atomic E-state index is 5.79. The van der Waals surface area contributed by atoms with Crippen LogP contribution < -0.4 is 11.1 Å². The molecular formula is C12H18N4O. The van der Waals surface area contributed by atoms with Crippen LogP contribution in [-0.2, 0) is 4.74 Å². The molecule has 0 aromatic carbocycles. The summed E-state index contributed by atoms with van der Waals surface area (Å²) in [5.41, 5.74) is 5.79. The van der Waals surface area contributed by atoms with Gasteiger partial charge in [-0.25, -0.2) is 4.98 Å². The molecule has 0 aliphatic carbocycles. The monoisotopic (exact) mass is 234 g/mol. The fraction of sp³-hybridized carbons (Fsp3) is 0.500. The molecular weight excluding hydrogens is 216 g/mol. The first-order valence-electron chi connectivity index (χ1n) is 5.90. The Labute approximate surface area is 101 Å². The van der Waals surface area contributed by atoms with E-state index in [-0.39, 0.29) is 0 Å². The van der Waals surface area contributed by atoms with Crippen molar-refractivity contribution in [2.75, 3.05) is 25.1 Å². The Hall–Kier alpha value is -1.62. The number of rotatable bonds is 3. The van der Waals surface area contributed by atoms with Crippen LogP contribution in [-0.4, -0.2) is 30.7 Å². The SMILES string of the molecule is NC(=NCC1CCOCC1)Nc1ccccn1. The molecule has 1 fully saturated rings. The normalized spacial score (nSPS) is 18.0. The third-order valence-corrected chi connectivity index (χ3v) is 2.78. The van der Waals surface area contributed by atoms with Gasteiger partial charge in [-0.3, -0.25) is 4.99 Å². The predicted octanol–water partition coefficient (Wildman–Crippen LogP) is 1.23. The zero-order valence-corrected chi connectivity index (χ0v) is 9.80. The lowest BCUT2D eigenvalue weighted by Crippen LogP contribution is -2.25. The van der Waals surface area contributed by atoms with Gasteiger partial charge in [-0.05, 0) is 30.9 Å². The molecule has 1 aliphatic rings. The zero-order chi connectivity index (χ0) is 11.9. The highest BCUT2D eigenvalue weighted by molar-refractivity contribution is 5.91. The third-order valence-electron chi connectivity index (χ3n) is 2.78. The highest BCUT2D eigenvalue weighted by atomic mass is 16.5. The first-order chi connectivity index (χ1) is 8.34. The summed E-state index contributed by atoms with van der Waals surface area (Å²) in [5, 5.41) is 2.97. The van der Waals surface area contributed by atoms with E-state index in [1.54, 1.807) is 6.20 Å². The molecule has 1 aliphatic heterocycles. The summed E-state index contributed by atoms with van der Waals surface area (Å²) in [4.78, 5) is 8.45. The summed E-state index contributed by atoms with van der Waals surface area (Å²) in [7, 11) is 0. The lowest BCUT2D eigenvalue weighted by atomic mass is 10.0. The molecule has 3 N–H and O–H groups in total. The molecule has 1 saturated heterocycles. The Kier molecular flexibility index (Phi) is 4.32. The van der Waals surface area contributed by atoms with Crippen molar-refractivity contribution in [3.05, 3.63) is 24.4 Å². The number of ether oxygens (including phenoxy) is 1. The van der Waals surface area contributed by atoms with Gasteiger partial charge in [-0.1, -0.05) is 6.07 Å². The minimum atomic E-state index is 0.426. The van der Waals surface area contributed by atoms with Crippen LogP contribution in [0.4, 0.5) is 5.82 Å². The van der Waals surface area contributed by atoms with Gasteiger partial charge in [0.15, 0.2) is 5.96 Å². The molecule has 5 nitrogen and oxygen atoms in total. The van der Waals surface area contributed by atoms with Crippen LogP contribution in [0, 0.1) is 5.92 Å². The fourth-order valence-corrected chi connectivity index (χ4v) is 1.76. The maximum Gasteiger partial charge on any atom is 0.194 e. The van der Waals surface area contributed by atoms with Crippen molar-refractivity contribution in [1.29, 1.82) is 0 Å². The second-order valence-electron chi connectivity index (χ2n) is 4.12. The van der Waals surface area contributed by atoms with E-state index in [1.165, 1.54) is 0 Å². The lowest BCUT2D eigenvalue weighted by molar-refractivity contribution is 0.0689. The molecule has 0 radical (unpaired) electrons. The molecule has 5 heteroatoms. The predicted molar refractivity (Wildman–Crippen MR) is 67.9 cm³/mol. The quantitative estimate of drug-likeness (QED) is 0.609. The Balaban J connectivity index is 1.80. The van der Waals surface area contributed by atoms with Crippen molar-refractivity contribution in [2.24, 2.45) is 16.6 Å². The number of hydrogen-bond acceptors (Lipinski definition) is 3. The maximum absolute atomic E-state index is 5.79. The molecule has 0 bridgehead atoms. The second kappa shape index (κ2) is 6.20. The van der Waals surface area contributed by atoms with Gasteiger partial charge < -0.3 is 15.8 Å². The summed E-state index contributed by atoms with van der Waals surface area (Å²) in [6.45, 7) is 2.44. The average molecular weight is 234 g/mol. The minimum absolute atomic E-state index is 0.426. The van der Waals surface area contributed by atoms with Crippen LogP contribution in [0.15, 0.2) is 29.4 Å². The molecule has 0 atom stereocenters. The number of hydrogen-bond donors (Lipinski definition) is 2. The highest BCUT2D eigenvalue weighted by Gasteiger charge is 2.12. The standard InChI is InChI=1S/C12H18N4O/c13-12(16-11-3-1-2-6-14-11)15-9-10-4-7-17-8-5-10/h1-3,6,10H,4-5,7-9H2,(H3,13,14,15,16). The van der Waals surface area contributed by atoms with E-state index in [1.807, 2.05) is 18.2 Å². The van der Waals surface area contributed by atoms with Gasteiger partial charge in [0.2, 0.25) is 0 Å². The van der Waals surface area contributed by atoms with Gasteiger partial charge in [-0.2, -0.15) is 0 Å². The van der Waals surface area contributed by atoms with Crippen LogP contribution in [0.2, 0.25) is 0 Å². The average Bonchev–Trinajstić information content (AvgIpc) is 2.39. The van der Waals surface area contributed by atoms with E-state index >= 15 is 0 Å². The first kappa shape index (κ1) is 11.9. The summed E-state index contributed by atoms with van der Waals surface area (Å²) in [6.07, 6.45) is 3.86. The molecule has 1 aromatic heterocycles. The number of nitrogens with one attached hydrogen (secondary N) is 1. The minimum Gasteiger partial charge on any atom is -0.381 e. The van der Waals surface area contributed by atoms with E-state index in [2.05, 4.69) is 15.3 Å². The zero-order valence-electron chi connectivity index (χ0n) is 9.80. The summed E-state index contributed by atoms with van der Waals surface area (Å²) >= 11 is 0. The van der Waals surface area contributed by atoms with Gasteiger partial charge in [0.25, 0.3) is 0 Å². The topological polar surface area (TPSA) is 72.5 Å². The van der Waals surface area contributed by atoms with Crippen LogP contribution in [0.5, 0.6) is 0 Å². The number of nitrogens with zero attached hydrogens (tertiary/aromatic N) is 2. The number of nitrogens with two attached hydrogens (primary N) is 1. The van der Waals surface area contributed by atoms with Gasteiger partial charge in [-0.15, -0.1) is 0 Å². The van der Waals surface area contributed by atoms with E-state index < -0.39 is 0 Å². The van der Waals surface area contributed by atoms with Gasteiger partial charge in [0.05, 0.1) is 0 Å².